The summed E-state index contributed by atoms with van der Waals surface area (Å²) in [6.45, 7) is 2.50. The number of hydrogen-bond donors (Lipinski definition) is 0. The maximum atomic E-state index is 13.0. The number of carbonyl (C=O) groups is 1. The van der Waals surface area contributed by atoms with Crippen molar-refractivity contribution in [3.63, 3.8) is 0 Å². The molecule has 0 aromatic heterocycles. The third-order valence-corrected chi connectivity index (χ3v) is 5.96. The topological polar surface area (TPSA) is 79.0 Å². The average molecular weight is 465 g/mol. The van der Waals surface area contributed by atoms with Crippen molar-refractivity contribution in [2.45, 2.75) is 25.0 Å². The van der Waals surface area contributed by atoms with Gasteiger partial charge in [0, 0.05) is 11.1 Å². The summed E-state index contributed by atoms with van der Waals surface area (Å²) >= 11 is 0. The van der Waals surface area contributed by atoms with Crippen molar-refractivity contribution in [2.75, 3.05) is 40.6 Å². The monoisotopic (exact) mass is 464 g/mol. The van der Waals surface area contributed by atoms with E-state index >= 15 is 0 Å². The predicted octanol–water partition coefficient (Wildman–Crippen LogP) is 4.09. The second-order valence-electron chi connectivity index (χ2n) is 8.52. The van der Waals surface area contributed by atoms with E-state index in [1.807, 2.05) is 48.6 Å². The normalized spacial score (nSPS) is 23.3. The number of epoxide rings is 2. The molecule has 7 heteroatoms. The first-order valence-electron chi connectivity index (χ1n) is 11.4. The molecule has 3 aliphatic rings. The van der Waals surface area contributed by atoms with Crippen LogP contribution in [-0.2, 0) is 14.3 Å². The molecule has 0 N–H and O–H groups in total. The minimum atomic E-state index is 0.0651. The average Bonchev–Trinajstić information content (AvgIpc) is 3.79. The fraction of sp³-hybridized carbons (Fsp3) is 0.370. The Kier molecular flexibility index (Phi) is 6.56. The van der Waals surface area contributed by atoms with Crippen LogP contribution < -0.4 is 18.9 Å². The van der Waals surface area contributed by atoms with E-state index in [1.54, 1.807) is 14.2 Å². The molecule has 1 aliphatic carbocycles. The van der Waals surface area contributed by atoms with Crippen LogP contribution in [0.4, 0.5) is 0 Å². The lowest BCUT2D eigenvalue weighted by Gasteiger charge is -2.11. The highest BCUT2D eigenvalue weighted by molar-refractivity contribution is 6.15. The second-order valence-corrected chi connectivity index (χ2v) is 8.52. The summed E-state index contributed by atoms with van der Waals surface area (Å²) in [6, 6.07) is 11.4. The summed E-state index contributed by atoms with van der Waals surface area (Å²) < 4.78 is 32.9. The Balaban J connectivity index is 1.28. The largest absolute Gasteiger partial charge is 0.493 e. The molecule has 2 heterocycles. The molecule has 2 aromatic carbocycles. The maximum absolute atomic E-state index is 13.0. The van der Waals surface area contributed by atoms with E-state index in [0.29, 0.717) is 49.1 Å². The number of methoxy groups -OCH3 is 2. The molecule has 2 aliphatic heterocycles. The SMILES string of the molecule is COc1cc(/C=C2/CC/C(=C/c3ccc(OCC4CO4)c(OC)c3)C2=O)ccc1OCC1CO1. The van der Waals surface area contributed by atoms with Gasteiger partial charge in [-0.25, -0.2) is 0 Å². The molecule has 0 amide bonds. The van der Waals surface area contributed by atoms with Gasteiger partial charge in [-0.2, -0.15) is 0 Å². The highest BCUT2D eigenvalue weighted by Gasteiger charge is 2.26. The zero-order valence-corrected chi connectivity index (χ0v) is 19.4. The lowest BCUT2D eigenvalue weighted by molar-refractivity contribution is -0.111. The van der Waals surface area contributed by atoms with E-state index in [4.69, 9.17) is 28.4 Å². The van der Waals surface area contributed by atoms with Crippen LogP contribution in [0.2, 0.25) is 0 Å². The molecular weight excluding hydrogens is 436 g/mol. The summed E-state index contributed by atoms with van der Waals surface area (Å²) in [7, 11) is 3.22. The van der Waals surface area contributed by atoms with Gasteiger partial charge in [0.1, 0.15) is 25.4 Å². The zero-order chi connectivity index (χ0) is 23.5. The van der Waals surface area contributed by atoms with E-state index < -0.39 is 0 Å². The van der Waals surface area contributed by atoms with Crippen LogP contribution in [0.1, 0.15) is 24.0 Å². The molecule has 5 rings (SSSR count). The van der Waals surface area contributed by atoms with Crippen molar-refractivity contribution in [1.29, 1.82) is 0 Å². The van der Waals surface area contributed by atoms with Crippen molar-refractivity contribution in [2.24, 2.45) is 0 Å². The molecule has 34 heavy (non-hydrogen) atoms. The first-order valence-corrected chi connectivity index (χ1v) is 11.4. The van der Waals surface area contributed by atoms with Gasteiger partial charge in [-0.1, -0.05) is 12.1 Å². The third kappa shape index (κ3) is 5.43. The molecule has 2 unspecified atom stereocenters. The van der Waals surface area contributed by atoms with Gasteiger partial charge in [-0.05, 0) is 60.4 Å². The minimum Gasteiger partial charge on any atom is -0.493 e. The Morgan fingerprint density at radius 2 is 1.21 bits per heavy atom. The quantitative estimate of drug-likeness (QED) is 0.387. The molecule has 178 valence electrons. The number of hydrogen-bond acceptors (Lipinski definition) is 7. The Labute approximate surface area is 198 Å². The van der Waals surface area contributed by atoms with Crippen molar-refractivity contribution in [3.8, 4) is 23.0 Å². The van der Waals surface area contributed by atoms with Crippen molar-refractivity contribution < 1.29 is 33.2 Å². The number of rotatable bonds is 10. The Bertz CT molecular complexity index is 1040. The van der Waals surface area contributed by atoms with Crippen LogP contribution in [-0.4, -0.2) is 58.6 Å². The van der Waals surface area contributed by atoms with Crippen molar-refractivity contribution >= 4 is 17.9 Å². The summed E-state index contributed by atoms with van der Waals surface area (Å²) in [5.41, 5.74) is 3.37. The van der Waals surface area contributed by atoms with Gasteiger partial charge in [0.2, 0.25) is 0 Å². The van der Waals surface area contributed by atoms with Crippen molar-refractivity contribution in [3.05, 3.63) is 58.7 Å². The van der Waals surface area contributed by atoms with Crippen LogP contribution >= 0.6 is 0 Å². The second kappa shape index (κ2) is 9.91. The van der Waals surface area contributed by atoms with Gasteiger partial charge in [0.25, 0.3) is 0 Å². The van der Waals surface area contributed by atoms with Crippen molar-refractivity contribution in [1.82, 2.24) is 0 Å². The molecule has 0 radical (unpaired) electrons. The summed E-state index contributed by atoms with van der Waals surface area (Å²) in [5.74, 6) is 2.68. The van der Waals surface area contributed by atoms with Crippen LogP contribution in [0.15, 0.2) is 47.5 Å². The predicted molar refractivity (Wildman–Crippen MR) is 127 cm³/mol. The van der Waals surface area contributed by atoms with Crippen LogP contribution in [0.5, 0.6) is 23.0 Å². The smallest absolute Gasteiger partial charge is 0.185 e. The van der Waals surface area contributed by atoms with E-state index in [0.717, 1.165) is 35.5 Å². The summed E-state index contributed by atoms with van der Waals surface area (Å²) in [5, 5.41) is 0. The fourth-order valence-electron chi connectivity index (χ4n) is 3.86. The number of carbonyl (C=O) groups excluding carboxylic acids is 1. The zero-order valence-electron chi connectivity index (χ0n) is 19.4. The standard InChI is InChI=1S/C27H28O7/c1-29-25-11-17(3-7-23(25)33-15-21-13-31-21)9-19-5-6-20(27(19)28)10-18-4-8-24(26(12-18)30-2)34-16-22-14-32-22/h3-4,7-12,21-22H,5-6,13-16H2,1-2H3/b19-9-,20-10-. The molecule has 2 saturated heterocycles. The lowest BCUT2D eigenvalue weighted by Crippen LogP contribution is -2.05. The number of ketones is 1. The molecular formula is C27H28O7. The highest BCUT2D eigenvalue weighted by Crippen LogP contribution is 2.35. The third-order valence-electron chi connectivity index (χ3n) is 5.96. The number of allylic oxidation sites excluding steroid dienone is 2. The fourth-order valence-corrected chi connectivity index (χ4v) is 3.86. The Morgan fingerprint density at radius 3 is 1.59 bits per heavy atom. The Hall–Kier alpha value is -3.29. The van der Waals surface area contributed by atoms with E-state index in [1.165, 1.54) is 0 Å². The molecule has 3 fully saturated rings. The first kappa shape index (κ1) is 22.5. The minimum absolute atomic E-state index is 0.0651. The first-order chi connectivity index (χ1) is 16.6. The lowest BCUT2D eigenvalue weighted by atomic mass is 10.1. The summed E-state index contributed by atoms with van der Waals surface area (Å²) in [6.07, 6.45) is 5.60. The van der Waals surface area contributed by atoms with Gasteiger partial charge in [-0.15, -0.1) is 0 Å². The molecule has 7 nitrogen and oxygen atoms in total. The van der Waals surface area contributed by atoms with Gasteiger partial charge < -0.3 is 28.4 Å². The molecule has 2 aromatic rings. The van der Waals surface area contributed by atoms with Crippen LogP contribution in [0.25, 0.3) is 12.2 Å². The number of Topliss-reactive ketones (excluding diaryl/α,β-unsaturated/α-hetero) is 1. The molecule has 0 spiro atoms. The van der Waals surface area contributed by atoms with Crippen LogP contribution in [0, 0.1) is 0 Å². The Morgan fingerprint density at radius 1 is 0.765 bits per heavy atom. The molecule has 1 saturated carbocycles. The van der Waals surface area contributed by atoms with E-state index in [2.05, 4.69) is 0 Å². The highest BCUT2D eigenvalue weighted by atomic mass is 16.6. The van der Waals surface area contributed by atoms with Gasteiger partial charge >= 0.3 is 0 Å². The van der Waals surface area contributed by atoms with E-state index in [9.17, 15) is 4.79 Å². The summed E-state index contributed by atoms with van der Waals surface area (Å²) in [4.78, 5) is 13.0. The van der Waals surface area contributed by atoms with Gasteiger partial charge in [-0.3, -0.25) is 4.79 Å². The van der Waals surface area contributed by atoms with Gasteiger partial charge in [0.05, 0.1) is 27.4 Å². The molecule has 2 atom stereocenters. The number of ether oxygens (including phenoxy) is 6. The molecule has 0 bridgehead atoms. The van der Waals surface area contributed by atoms with Gasteiger partial charge in [0.15, 0.2) is 28.8 Å². The van der Waals surface area contributed by atoms with E-state index in [-0.39, 0.29) is 18.0 Å². The number of benzene rings is 2. The van der Waals surface area contributed by atoms with Crippen LogP contribution in [0.3, 0.4) is 0 Å². The maximum Gasteiger partial charge on any atom is 0.185 e.